The second-order valence-electron chi connectivity index (χ2n) is 4.62. The minimum Gasteiger partial charge on any atom is -0.467 e. The van der Waals surface area contributed by atoms with Gasteiger partial charge in [0, 0.05) is 0 Å². The first-order valence-electron chi connectivity index (χ1n) is 5.13. The van der Waals surface area contributed by atoms with Crippen LogP contribution in [0, 0.1) is 0 Å². The van der Waals surface area contributed by atoms with E-state index in [2.05, 4.69) is 10.1 Å². The Bertz CT molecular complexity index is 347. The van der Waals surface area contributed by atoms with Crippen molar-refractivity contribution in [3.05, 3.63) is 0 Å². The second-order valence-corrected chi connectivity index (χ2v) is 4.62. The van der Waals surface area contributed by atoms with Crippen molar-refractivity contribution in [2.24, 2.45) is 0 Å². The Hall–Kier alpha value is -1.79. The van der Waals surface area contributed by atoms with E-state index in [0.717, 1.165) is 4.90 Å². The topological polar surface area (TPSA) is 84.9 Å². The number of urea groups is 1. The first-order chi connectivity index (χ1) is 7.74. The molecule has 1 rings (SSSR count). The highest BCUT2D eigenvalue weighted by Gasteiger charge is 2.39. The first kappa shape index (κ1) is 13.3. The monoisotopic (exact) mass is 244 g/mol. The predicted octanol–water partition coefficient (Wildman–Crippen LogP) is 0.488. The average Bonchev–Trinajstić information content (AvgIpc) is 2.56. The summed E-state index contributed by atoms with van der Waals surface area (Å²) in [5.74, 6) is -0.593. The zero-order valence-corrected chi connectivity index (χ0v) is 10.3. The van der Waals surface area contributed by atoms with Gasteiger partial charge in [0.2, 0.25) is 0 Å². The summed E-state index contributed by atoms with van der Waals surface area (Å²) >= 11 is 0. The zero-order valence-electron chi connectivity index (χ0n) is 10.3. The Morgan fingerprint density at radius 2 is 2.00 bits per heavy atom. The molecule has 1 aliphatic heterocycles. The number of hydrogen-bond acceptors (Lipinski definition) is 5. The van der Waals surface area contributed by atoms with Crippen molar-refractivity contribution in [3.8, 4) is 0 Å². The molecular formula is C10H16N2O5. The summed E-state index contributed by atoms with van der Waals surface area (Å²) in [5.41, 5.74) is -0.694. The van der Waals surface area contributed by atoms with Crippen molar-refractivity contribution >= 4 is 18.1 Å². The van der Waals surface area contributed by atoms with Crippen molar-refractivity contribution in [1.29, 1.82) is 0 Å². The lowest BCUT2D eigenvalue weighted by molar-refractivity contribution is -0.142. The predicted molar refractivity (Wildman–Crippen MR) is 57.3 cm³/mol. The maximum Gasteiger partial charge on any atom is 0.418 e. The van der Waals surface area contributed by atoms with E-state index in [1.165, 1.54) is 7.11 Å². The number of nitrogens with one attached hydrogen (secondary N) is 1. The van der Waals surface area contributed by atoms with Crippen LogP contribution in [0.4, 0.5) is 9.59 Å². The van der Waals surface area contributed by atoms with E-state index >= 15 is 0 Å². The first-order valence-corrected chi connectivity index (χ1v) is 5.13. The third-order valence-corrected chi connectivity index (χ3v) is 2.01. The summed E-state index contributed by atoms with van der Waals surface area (Å²) in [7, 11) is 1.21. The fraction of sp³-hybridized carbons (Fsp3) is 0.700. The highest BCUT2D eigenvalue weighted by atomic mass is 16.6. The van der Waals surface area contributed by atoms with Crippen molar-refractivity contribution < 1.29 is 23.9 Å². The second kappa shape index (κ2) is 4.60. The van der Waals surface area contributed by atoms with Crippen LogP contribution < -0.4 is 5.32 Å². The quantitative estimate of drug-likeness (QED) is 0.678. The number of amides is 3. The molecular weight excluding hydrogens is 228 g/mol. The molecule has 96 valence electrons. The van der Waals surface area contributed by atoms with Gasteiger partial charge in [-0.15, -0.1) is 0 Å². The maximum absolute atomic E-state index is 11.6. The van der Waals surface area contributed by atoms with Crippen LogP contribution in [-0.4, -0.2) is 48.3 Å². The van der Waals surface area contributed by atoms with Gasteiger partial charge in [-0.3, -0.25) is 0 Å². The molecule has 17 heavy (non-hydrogen) atoms. The molecule has 1 atom stereocenters. The third kappa shape index (κ3) is 3.33. The number of nitrogens with zero attached hydrogens (tertiary/aromatic N) is 1. The van der Waals surface area contributed by atoms with Gasteiger partial charge in [-0.1, -0.05) is 0 Å². The van der Waals surface area contributed by atoms with Crippen LogP contribution in [0.3, 0.4) is 0 Å². The molecule has 0 saturated carbocycles. The number of carbonyl (C=O) groups excluding carboxylic acids is 3. The number of carbonyl (C=O) groups is 3. The molecule has 0 aromatic heterocycles. The van der Waals surface area contributed by atoms with Crippen LogP contribution in [0.2, 0.25) is 0 Å². The molecule has 0 aliphatic carbocycles. The zero-order chi connectivity index (χ0) is 13.2. The van der Waals surface area contributed by atoms with Crippen LogP contribution in [0.1, 0.15) is 20.8 Å². The molecule has 0 aromatic carbocycles. The van der Waals surface area contributed by atoms with Crippen molar-refractivity contribution in [2.75, 3.05) is 13.7 Å². The van der Waals surface area contributed by atoms with E-state index in [9.17, 15) is 14.4 Å². The van der Waals surface area contributed by atoms with Crippen molar-refractivity contribution in [2.45, 2.75) is 32.4 Å². The lowest BCUT2D eigenvalue weighted by atomic mass is 10.2. The number of rotatable bonds is 1. The number of esters is 1. The van der Waals surface area contributed by atoms with E-state index in [-0.39, 0.29) is 6.54 Å². The lowest BCUT2D eigenvalue weighted by Crippen LogP contribution is -2.38. The summed E-state index contributed by atoms with van der Waals surface area (Å²) in [6.45, 7) is 4.99. The summed E-state index contributed by atoms with van der Waals surface area (Å²) in [6.07, 6.45) is -0.776. The molecule has 0 spiro atoms. The van der Waals surface area contributed by atoms with Gasteiger partial charge in [-0.05, 0) is 20.8 Å². The molecule has 1 N–H and O–H groups in total. The van der Waals surface area contributed by atoms with Crippen LogP contribution in [-0.2, 0) is 14.3 Å². The standard InChI is InChI=1S/C10H16N2O5/c1-10(2,3)17-9(15)12-5-6(7(13)16-4)11-8(12)14/h6H,5H2,1-4H3,(H,11,14). The molecule has 3 amide bonds. The van der Waals surface area contributed by atoms with E-state index in [0.29, 0.717) is 0 Å². The fourth-order valence-electron chi connectivity index (χ4n) is 1.29. The minimum absolute atomic E-state index is 0.0829. The van der Waals surface area contributed by atoms with Crippen LogP contribution in [0.15, 0.2) is 0 Å². The molecule has 0 aromatic rings. The molecule has 1 saturated heterocycles. The number of hydrogen-bond donors (Lipinski definition) is 1. The smallest absolute Gasteiger partial charge is 0.418 e. The fourth-order valence-corrected chi connectivity index (χ4v) is 1.29. The number of ether oxygens (including phenoxy) is 2. The van der Waals surface area contributed by atoms with Crippen LogP contribution >= 0.6 is 0 Å². The molecule has 1 aliphatic rings. The van der Waals surface area contributed by atoms with Gasteiger partial charge in [-0.2, -0.15) is 0 Å². The Balaban J connectivity index is 2.65. The Labute approximate surface area is 99.0 Å². The van der Waals surface area contributed by atoms with E-state index in [4.69, 9.17) is 4.74 Å². The highest BCUT2D eigenvalue weighted by molar-refractivity contribution is 5.96. The molecule has 7 heteroatoms. The normalized spacial score (nSPS) is 19.9. The van der Waals surface area contributed by atoms with E-state index in [1.54, 1.807) is 20.8 Å². The van der Waals surface area contributed by atoms with Crippen molar-refractivity contribution in [3.63, 3.8) is 0 Å². The highest BCUT2D eigenvalue weighted by Crippen LogP contribution is 2.13. The molecule has 7 nitrogen and oxygen atoms in total. The van der Waals surface area contributed by atoms with Gasteiger partial charge in [0.1, 0.15) is 11.6 Å². The van der Waals surface area contributed by atoms with Crippen molar-refractivity contribution in [1.82, 2.24) is 10.2 Å². The minimum atomic E-state index is -0.833. The van der Waals surface area contributed by atoms with Crippen LogP contribution in [0.25, 0.3) is 0 Å². The number of imide groups is 1. The van der Waals surface area contributed by atoms with E-state index < -0.39 is 29.7 Å². The largest absolute Gasteiger partial charge is 0.467 e. The van der Waals surface area contributed by atoms with Gasteiger partial charge in [-0.25, -0.2) is 19.3 Å². The molecule has 1 unspecified atom stereocenters. The van der Waals surface area contributed by atoms with Gasteiger partial charge in [0.25, 0.3) is 0 Å². The Kier molecular flexibility index (Phi) is 3.59. The Morgan fingerprint density at radius 1 is 1.41 bits per heavy atom. The summed E-state index contributed by atoms with van der Waals surface area (Å²) in [5, 5.41) is 2.33. The molecule has 0 radical (unpaired) electrons. The van der Waals surface area contributed by atoms with Gasteiger partial charge < -0.3 is 14.8 Å². The summed E-state index contributed by atoms with van der Waals surface area (Å²) < 4.78 is 9.51. The SMILES string of the molecule is COC(=O)C1CN(C(=O)OC(C)(C)C)C(=O)N1. The van der Waals surface area contributed by atoms with Gasteiger partial charge in [0.05, 0.1) is 13.7 Å². The third-order valence-electron chi connectivity index (χ3n) is 2.01. The summed E-state index contributed by atoms with van der Waals surface area (Å²) in [4.78, 5) is 35.1. The van der Waals surface area contributed by atoms with Gasteiger partial charge in [0.15, 0.2) is 0 Å². The molecule has 1 fully saturated rings. The molecule has 0 bridgehead atoms. The van der Waals surface area contributed by atoms with Crippen LogP contribution in [0.5, 0.6) is 0 Å². The number of methoxy groups -OCH3 is 1. The maximum atomic E-state index is 11.6. The van der Waals surface area contributed by atoms with Gasteiger partial charge >= 0.3 is 18.1 Å². The van der Waals surface area contributed by atoms with E-state index in [1.807, 2.05) is 0 Å². The molecule has 1 heterocycles. The Morgan fingerprint density at radius 3 is 2.47 bits per heavy atom. The average molecular weight is 244 g/mol. The lowest BCUT2D eigenvalue weighted by Gasteiger charge is -2.22. The summed E-state index contributed by atoms with van der Waals surface area (Å²) in [6, 6.07) is -1.49.